The third-order valence-electron chi connectivity index (χ3n) is 4.53. The van der Waals surface area contributed by atoms with Gasteiger partial charge < -0.3 is 14.2 Å². The van der Waals surface area contributed by atoms with Gasteiger partial charge in [0.25, 0.3) is 0 Å². The SMILES string of the molecule is CCN(Cc1noc(C)n1)C(=O)C[C@@H]1COCCN1Cc1ccncc1. The fourth-order valence-electron chi connectivity index (χ4n) is 3.09. The van der Waals surface area contributed by atoms with E-state index in [4.69, 9.17) is 9.26 Å². The highest BCUT2D eigenvalue weighted by atomic mass is 16.5. The number of rotatable bonds is 7. The number of nitrogens with zero attached hydrogens (tertiary/aromatic N) is 5. The molecule has 1 aliphatic rings. The Kier molecular flexibility index (Phi) is 6.30. The first kappa shape index (κ1) is 18.5. The van der Waals surface area contributed by atoms with Gasteiger partial charge in [-0.2, -0.15) is 4.98 Å². The summed E-state index contributed by atoms with van der Waals surface area (Å²) >= 11 is 0. The van der Waals surface area contributed by atoms with Crippen molar-refractivity contribution in [2.75, 3.05) is 26.3 Å². The second-order valence-corrected chi connectivity index (χ2v) is 6.40. The first-order chi connectivity index (χ1) is 12.7. The quantitative estimate of drug-likeness (QED) is 0.739. The highest BCUT2D eigenvalue weighted by molar-refractivity contribution is 5.76. The molecule has 0 N–H and O–H groups in total. The van der Waals surface area contributed by atoms with Crippen LogP contribution in [0.15, 0.2) is 29.0 Å². The van der Waals surface area contributed by atoms with Crippen molar-refractivity contribution in [1.82, 2.24) is 24.9 Å². The summed E-state index contributed by atoms with van der Waals surface area (Å²) in [7, 11) is 0. The van der Waals surface area contributed by atoms with E-state index < -0.39 is 0 Å². The summed E-state index contributed by atoms with van der Waals surface area (Å²) in [5.41, 5.74) is 1.19. The van der Waals surface area contributed by atoms with Gasteiger partial charge >= 0.3 is 0 Å². The zero-order valence-electron chi connectivity index (χ0n) is 15.3. The lowest BCUT2D eigenvalue weighted by Crippen LogP contribution is -2.47. The second-order valence-electron chi connectivity index (χ2n) is 6.40. The molecule has 1 fully saturated rings. The van der Waals surface area contributed by atoms with Gasteiger partial charge in [0, 0.05) is 51.4 Å². The van der Waals surface area contributed by atoms with Crippen LogP contribution in [0, 0.1) is 6.92 Å². The monoisotopic (exact) mass is 359 g/mol. The predicted molar refractivity (Wildman–Crippen MR) is 94.0 cm³/mol. The summed E-state index contributed by atoms with van der Waals surface area (Å²) in [4.78, 5) is 25.1. The van der Waals surface area contributed by atoms with Crippen molar-refractivity contribution in [3.8, 4) is 0 Å². The summed E-state index contributed by atoms with van der Waals surface area (Å²) < 4.78 is 10.6. The molecule has 3 rings (SSSR count). The molecular formula is C18H25N5O3. The molecule has 3 heterocycles. The van der Waals surface area contributed by atoms with E-state index in [2.05, 4.69) is 20.0 Å². The van der Waals surface area contributed by atoms with E-state index in [9.17, 15) is 4.79 Å². The average Bonchev–Trinajstić information content (AvgIpc) is 3.07. The van der Waals surface area contributed by atoms with E-state index in [1.807, 2.05) is 19.1 Å². The summed E-state index contributed by atoms with van der Waals surface area (Å²) in [5.74, 6) is 1.11. The lowest BCUT2D eigenvalue weighted by atomic mass is 10.1. The van der Waals surface area contributed by atoms with Crippen molar-refractivity contribution in [2.24, 2.45) is 0 Å². The Balaban J connectivity index is 1.61. The van der Waals surface area contributed by atoms with Gasteiger partial charge in [-0.1, -0.05) is 5.16 Å². The largest absolute Gasteiger partial charge is 0.378 e. The van der Waals surface area contributed by atoms with E-state index in [1.54, 1.807) is 24.2 Å². The van der Waals surface area contributed by atoms with Gasteiger partial charge in [0.15, 0.2) is 5.82 Å². The Morgan fingerprint density at radius 1 is 1.38 bits per heavy atom. The number of ether oxygens (including phenoxy) is 1. The zero-order chi connectivity index (χ0) is 18.4. The minimum Gasteiger partial charge on any atom is -0.378 e. The van der Waals surface area contributed by atoms with Crippen LogP contribution in [0.1, 0.15) is 30.6 Å². The molecule has 2 aromatic heterocycles. The number of hydrogen-bond acceptors (Lipinski definition) is 7. The molecule has 1 atom stereocenters. The predicted octanol–water partition coefficient (Wildman–Crippen LogP) is 1.41. The van der Waals surface area contributed by atoms with Crippen LogP contribution in [0.2, 0.25) is 0 Å². The highest BCUT2D eigenvalue weighted by Crippen LogP contribution is 2.16. The number of carbonyl (C=O) groups is 1. The van der Waals surface area contributed by atoms with Crippen LogP contribution in [-0.4, -0.2) is 63.2 Å². The smallest absolute Gasteiger partial charge is 0.224 e. The van der Waals surface area contributed by atoms with Gasteiger partial charge in [-0.15, -0.1) is 0 Å². The zero-order valence-corrected chi connectivity index (χ0v) is 15.3. The first-order valence-electron chi connectivity index (χ1n) is 8.93. The molecule has 0 radical (unpaired) electrons. The molecule has 0 unspecified atom stereocenters. The van der Waals surface area contributed by atoms with E-state index >= 15 is 0 Å². The molecule has 0 bridgehead atoms. The first-order valence-corrected chi connectivity index (χ1v) is 8.93. The van der Waals surface area contributed by atoms with Gasteiger partial charge in [-0.05, 0) is 24.6 Å². The van der Waals surface area contributed by atoms with Crippen LogP contribution in [0.5, 0.6) is 0 Å². The Morgan fingerprint density at radius 3 is 2.88 bits per heavy atom. The summed E-state index contributed by atoms with van der Waals surface area (Å²) in [5, 5.41) is 3.88. The molecule has 26 heavy (non-hydrogen) atoms. The lowest BCUT2D eigenvalue weighted by Gasteiger charge is -2.36. The maximum Gasteiger partial charge on any atom is 0.224 e. The van der Waals surface area contributed by atoms with Crippen molar-refractivity contribution in [3.05, 3.63) is 41.8 Å². The number of carbonyl (C=O) groups excluding carboxylic acids is 1. The average molecular weight is 359 g/mol. The fraction of sp³-hybridized carbons (Fsp3) is 0.556. The second kappa shape index (κ2) is 8.86. The highest BCUT2D eigenvalue weighted by Gasteiger charge is 2.27. The number of hydrogen-bond donors (Lipinski definition) is 0. The number of aryl methyl sites for hydroxylation is 1. The molecule has 2 aromatic rings. The van der Waals surface area contributed by atoms with Crippen LogP contribution in [0.3, 0.4) is 0 Å². The topological polar surface area (TPSA) is 84.6 Å². The van der Waals surface area contributed by atoms with E-state index in [1.165, 1.54) is 5.56 Å². The molecule has 1 amide bonds. The number of morpholine rings is 1. The molecule has 1 aliphatic heterocycles. The number of aromatic nitrogens is 3. The van der Waals surface area contributed by atoms with E-state index in [-0.39, 0.29) is 11.9 Å². The Morgan fingerprint density at radius 2 is 2.19 bits per heavy atom. The Hall–Kier alpha value is -2.32. The lowest BCUT2D eigenvalue weighted by molar-refractivity contribution is -0.135. The Labute approximate surface area is 153 Å². The maximum atomic E-state index is 12.8. The molecule has 0 aliphatic carbocycles. The normalized spacial score (nSPS) is 18.0. The van der Waals surface area contributed by atoms with E-state index in [0.29, 0.717) is 44.4 Å². The Bertz CT molecular complexity index is 706. The van der Waals surface area contributed by atoms with Crippen LogP contribution >= 0.6 is 0 Å². The van der Waals surface area contributed by atoms with Gasteiger partial charge in [-0.25, -0.2) is 0 Å². The standard InChI is InChI=1S/C18H25N5O3/c1-3-22(12-17-20-14(2)26-21-17)18(24)10-16-13-25-9-8-23(16)11-15-4-6-19-7-5-15/h4-7,16H,3,8-13H2,1-2H3/t16-/m1/s1. The molecule has 140 valence electrons. The van der Waals surface area contributed by atoms with Crippen molar-refractivity contribution in [1.29, 1.82) is 0 Å². The van der Waals surface area contributed by atoms with Gasteiger partial charge in [-0.3, -0.25) is 14.7 Å². The fourth-order valence-corrected chi connectivity index (χ4v) is 3.09. The van der Waals surface area contributed by atoms with E-state index in [0.717, 1.165) is 13.1 Å². The minimum atomic E-state index is 0.0606. The van der Waals surface area contributed by atoms with Crippen molar-refractivity contribution in [3.63, 3.8) is 0 Å². The van der Waals surface area contributed by atoms with Gasteiger partial charge in [0.2, 0.25) is 11.8 Å². The van der Waals surface area contributed by atoms with Crippen LogP contribution < -0.4 is 0 Å². The van der Waals surface area contributed by atoms with Crippen molar-refractivity contribution < 1.29 is 14.1 Å². The summed E-state index contributed by atoms with van der Waals surface area (Å²) in [6.07, 6.45) is 4.00. The number of amides is 1. The third kappa shape index (κ3) is 4.86. The molecule has 0 spiro atoms. The van der Waals surface area contributed by atoms with Crippen molar-refractivity contribution >= 4 is 5.91 Å². The molecule has 0 aromatic carbocycles. The molecular weight excluding hydrogens is 334 g/mol. The minimum absolute atomic E-state index is 0.0606. The van der Waals surface area contributed by atoms with Crippen LogP contribution in [-0.2, 0) is 22.6 Å². The molecule has 0 saturated carbocycles. The maximum absolute atomic E-state index is 12.8. The van der Waals surface area contributed by atoms with Gasteiger partial charge in [0.1, 0.15) is 0 Å². The molecule has 8 heteroatoms. The molecule has 1 saturated heterocycles. The number of pyridine rings is 1. The molecule has 8 nitrogen and oxygen atoms in total. The van der Waals surface area contributed by atoms with Crippen LogP contribution in [0.25, 0.3) is 0 Å². The van der Waals surface area contributed by atoms with Crippen LogP contribution in [0.4, 0.5) is 0 Å². The third-order valence-corrected chi connectivity index (χ3v) is 4.53. The summed E-state index contributed by atoms with van der Waals surface area (Å²) in [6.45, 7) is 7.53. The van der Waals surface area contributed by atoms with Gasteiger partial charge in [0.05, 0.1) is 19.8 Å². The summed E-state index contributed by atoms with van der Waals surface area (Å²) in [6, 6.07) is 4.07. The van der Waals surface area contributed by atoms with Crippen molar-refractivity contribution in [2.45, 2.75) is 39.4 Å².